The first-order chi connectivity index (χ1) is 8.24. The second-order valence-electron chi connectivity index (χ2n) is 4.28. The van der Waals surface area contributed by atoms with E-state index in [1.807, 2.05) is 6.07 Å². The van der Waals surface area contributed by atoms with Crippen LogP contribution < -0.4 is 5.32 Å². The molecule has 0 aliphatic carbocycles. The van der Waals surface area contributed by atoms with Gasteiger partial charge in [0, 0.05) is 12.1 Å². The monoisotopic (exact) mass is 241 g/mol. The van der Waals surface area contributed by atoms with E-state index in [0.717, 1.165) is 18.5 Å². The highest BCUT2D eigenvalue weighted by molar-refractivity contribution is 5.24. The Balaban J connectivity index is 2.24. The van der Waals surface area contributed by atoms with Crippen molar-refractivity contribution < 1.29 is 8.78 Å². The minimum Gasteiger partial charge on any atom is -0.313 e. The maximum Gasteiger partial charge on any atom is 0.263 e. The Bertz CT molecular complexity index is 313. The quantitative estimate of drug-likeness (QED) is 0.669. The van der Waals surface area contributed by atoms with Crippen molar-refractivity contribution in [2.45, 2.75) is 45.6 Å². The van der Waals surface area contributed by atoms with Crippen molar-refractivity contribution in [2.75, 3.05) is 6.54 Å². The summed E-state index contributed by atoms with van der Waals surface area (Å²) in [5, 5.41) is 3.28. The summed E-state index contributed by atoms with van der Waals surface area (Å²) in [6.45, 7) is 3.81. The molecule has 0 unspecified atom stereocenters. The zero-order chi connectivity index (χ0) is 12.5. The van der Waals surface area contributed by atoms with Crippen LogP contribution in [0.4, 0.5) is 8.78 Å². The highest BCUT2D eigenvalue weighted by Crippen LogP contribution is 2.19. The van der Waals surface area contributed by atoms with E-state index in [4.69, 9.17) is 0 Å². The number of nitrogens with one attached hydrogen (secondary N) is 1. The minimum absolute atomic E-state index is 0.107. The third kappa shape index (κ3) is 5.78. The Kier molecular flexibility index (Phi) is 6.78. The molecule has 0 heterocycles. The molecular weight excluding hydrogens is 220 g/mol. The molecule has 1 N–H and O–H groups in total. The summed E-state index contributed by atoms with van der Waals surface area (Å²) in [5.41, 5.74) is 1.04. The van der Waals surface area contributed by atoms with Crippen molar-refractivity contribution in [1.29, 1.82) is 0 Å². The van der Waals surface area contributed by atoms with Crippen LogP contribution in [0.15, 0.2) is 24.3 Å². The molecule has 1 aromatic carbocycles. The SMILES string of the molecule is CCCCCCNCc1cccc(C(F)F)c1. The summed E-state index contributed by atoms with van der Waals surface area (Å²) in [4.78, 5) is 0. The molecule has 0 aromatic heterocycles. The molecule has 1 nitrogen and oxygen atoms in total. The van der Waals surface area contributed by atoms with Gasteiger partial charge >= 0.3 is 0 Å². The Morgan fingerprint density at radius 1 is 1.18 bits per heavy atom. The van der Waals surface area contributed by atoms with E-state index in [9.17, 15) is 8.78 Å². The number of alkyl halides is 2. The summed E-state index contributed by atoms with van der Waals surface area (Å²) in [6.07, 6.45) is 2.52. The first-order valence-electron chi connectivity index (χ1n) is 6.31. The third-order valence-corrected chi connectivity index (χ3v) is 2.74. The van der Waals surface area contributed by atoms with Crippen molar-refractivity contribution in [3.63, 3.8) is 0 Å². The largest absolute Gasteiger partial charge is 0.313 e. The number of rotatable bonds is 8. The summed E-state index contributed by atoms with van der Waals surface area (Å²) >= 11 is 0. The van der Waals surface area contributed by atoms with Gasteiger partial charge in [0.1, 0.15) is 0 Å². The second kappa shape index (κ2) is 8.18. The first kappa shape index (κ1) is 14.1. The molecule has 0 amide bonds. The van der Waals surface area contributed by atoms with Crippen LogP contribution in [0.25, 0.3) is 0 Å². The topological polar surface area (TPSA) is 12.0 Å². The third-order valence-electron chi connectivity index (χ3n) is 2.74. The minimum atomic E-state index is -2.38. The van der Waals surface area contributed by atoms with E-state index < -0.39 is 6.43 Å². The number of hydrogen-bond acceptors (Lipinski definition) is 1. The van der Waals surface area contributed by atoms with Crippen molar-refractivity contribution in [3.05, 3.63) is 35.4 Å². The second-order valence-corrected chi connectivity index (χ2v) is 4.28. The number of hydrogen-bond donors (Lipinski definition) is 1. The van der Waals surface area contributed by atoms with Gasteiger partial charge in [-0.25, -0.2) is 8.78 Å². The Hall–Kier alpha value is -0.960. The Morgan fingerprint density at radius 3 is 2.71 bits per heavy atom. The molecule has 17 heavy (non-hydrogen) atoms. The Morgan fingerprint density at radius 2 is 2.00 bits per heavy atom. The van der Waals surface area contributed by atoms with Crippen LogP contribution in [0.3, 0.4) is 0 Å². The van der Waals surface area contributed by atoms with Gasteiger partial charge in [-0.3, -0.25) is 0 Å². The summed E-state index contributed by atoms with van der Waals surface area (Å²) in [6, 6.07) is 6.61. The average molecular weight is 241 g/mol. The highest BCUT2D eigenvalue weighted by Gasteiger charge is 2.06. The van der Waals surface area contributed by atoms with E-state index in [0.29, 0.717) is 6.54 Å². The van der Waals surface area contributed by atoms with Gasteiger partial charge in [-0.2, -0.15) is 0 Å². The van der Waals surface area contributed by atoms with Gasteiger partial charge in [0.2, 0.25) is 0 Å². The van der Waals surface area contributed by atoms with Crippen LogP contribution in [0.2, 0.25) is 0 Å². The van der Waals surface area contributed by atoms with Crippen molar-refractivity contribution >= 4 is 0 Å². The van der Waals surface area contributed by atoms with Gasteiger partial charge in [0.15, 0.2) is 0 Å². The number of halogens is 2. The van der Waals surface area contributed by atoms with Crippen LogP contribution in [-0.2, 0) is 6.54 Å². The summed E-state index contributed by atoms with van der Waals surface area (Å²) in [7, 11) is 0. The van der Waals surface area contributed by atoms with E-state index in [1.165, 1.54) is 25.3 Å². The van der Waals surface area contributed by atoms with Crippen LogP contribution >= 0.6 is 0 Å². The fourth-order valence-electron chi connectivity index (χ4n) is 1.75. The van der Waals surface area contributed by atoms with Gasteiger partial charge in [-0.1, -0.05) is 44.4 Å². The standard InChI is InChI=1S/C14H21F2N/c1-2-3-4-5-9-17-11-12-7-6-8-13(10-12)14(15)16/h6-8,10,14,17H,2-5,9,11H2,1H3. The Labute approximate surface area is 102 Å². The molecule has 0 saturated heterocycles. The maximum atomic E-state index is 12.5. The van der Waals surface area contributed by atoms with Crippen molar-refractivity contribution in [3.8, 4) is 0 Å². The van der Waals surface area contributed by atoms with E-state index >= 15 is 0 Å². The smallest absolute Gasteiger partial charge is 0.263 e. The predicted octanol–water partition coefficient (Wildman–Crippen LogP) is 4.29. The van der Waals surface area contributed by atoms with E-state index in [1.54, 1.807) is 12.1 Å². The van der Waals surface area contributed by atoms with Crippen LogP contribution in [0.5, 0.6) is 0 Å². The lowest BCUT2D eigenvalue weighted by atomic mass is 10.1. The summed E-state index contributed by atoms with van der Waals surface area (Å²) in [5.74, 6) is 0. The van der Waals surface area contributed by atoms with Gasteiger partial charge in [-0.05, 0) is 24.6 Å². The molecule has 0 fully saturated rings. The molecule has 0 atom stereocenters. The van der Waals surface area contributed by atoms with E-state index in [-0.39, 0.29) is 5.56 Å². The predicted molar refractivity (Wildman–Crippen MR) is 67.2 cm³/mol. The molecule has 0 spiro atoms. The molecule has 0 bridgehead atoms. The zero-order valence-corrected chi connectivity index (χ0v) is 10.4. The van der Waals surface area contributed by atoms with Crippen LogP contribution in [0.1, 0.15) is 50.2 Å². The normalized spacial score (nSPS) is 11.1. The molecule has 0 aliphatic heterocycles. The lowest BCUT2D eigenvalue weighted by Crippen LogP contribution is -2.14. The van der Waals surface area contributed by atoms with Gasteiger partial charge in [0.05, 0.1) is 0 Å². The molecule has 1 rings (SSSR count). The molecule has 3 heteroatoms. The maximum absolute atomic E-state index is 12.5. The summed E-state index contributed by atoms with van der Waals surface area (Å²) < 4.78 is 24.9. The molecule has 0 radical (unpaired) electrons. The van der Waals surface area contributed by atoms with Crippen molar-refractivity contribution in [2.24, 2.45) is 0 Å². The van der Waals surface area contributed by atoms with Crippen LogP contribution in [0, 0.1) is 0 Å². The molecule has 0 saturated carbocycles. The fourth-order valence-corrected chi connectivity index (χ4v) is 1.75. The highest BCUT2D eigenvalue weighted by atomic mass is 19.3. The van der Waals surface area contributed by atoms with Crippen molar-refractivity contribution in [1.82, 2.24) is 5.32 Å². The lowest BCUT2D eigenvalue weighted by molar-refractivity contribution is 0.151. The van der Waals surface area contributed by atoms with E-state index in [2.05, 4.69) is 12.2 Å². The van der Waals surface area contributed by atoms with Gasteiger partial charge in [0.25, 0.3) is 6.43 Å². The number of unbranched alkanes of at least 4 members (excludes halogenated alkanes) is 3. The average Bonchev–Trinajstić information content (AvgIpc) is 2.34. The van der Waals surface area contributed by atoms with Gasteiger partial charge < -0.3 is 5.32 Å². The first-order valence-corrected chi connectivity index (χ1v) is 6.31. The molecule has 1 aromatic rings. The van der Waals surface area contributed by atoms with Gasteiger partial charge in [-0.15, -0.1) is 0 Å². The lowest BCUT2D eigenvalue weighted by Gasteiger charge is -2.06. The zero-order valence-electron chi connectivity index (χ0n) is 10.4. The molecule has 96 valence electrons. The number of benzene rings is 1. The molecular formula is C14H21F2N. The fraction of sp³-hybridized carbons (Fsp3) is 0.571. The molecule has 0 aliphatic rings. The van der Waals surface area contributed by atoms with Crippen LogP contribution in [-0.4, -0.2) is 6.54 Å².